The zero-order chi connectivity index (χ0) is 20.1. The lowest BCUT2D eigenvalue weighted by atomic mass is 10.2. The van der Waals surface area contributed by atoms with Crippen molar-refractivity contribution in [2.45, 2.75) is 52.2 Å². The summed E-state index contributed by atoms with van der Waals surface area (Å²) in [7, 11) is 0. The number of carbonyl (C=O) groups is 1. The maximum Gasteiger partial charge on any atom is 0.338 e. The van der Waals surface area contributed by atoms with E-state index in [0.29, 0.717) is 40.2 Å². The van der Waals surface area contributed by atoms with Gasteiger partial charge in [0.15, 0.2) is 0 Å². The molecule has 0 aliphatic heterocycles. The van der Waals surface area contributed by atoms with Crippen LogP contribution in [0, 0.1) is 0 Å². The third kappa shape index (κ3) is 7.72. The first kappa shape index (κ1) is 23.8. The normalized spacial score (nSPS) is 14.8. The van der Waals surface area contributed by atoms with E-state index < -0.39 is 0 Å². The zero-order valence-electron chi connectivity index (χ0n) is 15.4. The summed E-state index contributed by atoms with van der Waals surface area (Å²) in [5.74, 6) is 1.07. The van der Waals surface area contributed by atoms with Crippen molar-refractivity contribution in [3.63, 3.8) is 0 Å². The standard InChI is InChI=1S/C12H13ClO3.C9H8BrClO.CH4/c1-2-15-12(14)8-3-6-11(10(13)7-8)16-9-4-5-9;10-6-1-4-9(8(11)5-6)12-7-2-3-7;/h3,6-7,9H,2,4-5H2,1H3;1,4-5,7H,2-3H2;1H4. The second-order valence-electron chi connectivity index (χ2n) is 6.57. The molecular weight excluding hydrogens is 479 g/mol. The van der Waals surface area contributed by atoms with E-state index in [1.807, 2.05) is 18.2 Å². The first-order chi connectivity index (χ1) is 13.5. The van der Waals surface area contributed by atoms with Gasteiger partial charge in [-0.25, -0.2) is 4.79 Å². The van der Waals surface area contributed by atoms with Crippen molar-refractivity contribution in [2.24, 2.45) is 0 Å². The van der Waals surface area contributed by atoms with E-state index in [2.05, 4.69) is 15.9 Å². The van der Waals surface area contributed by atoms with Gasteiger partial charge >= 0.3 is 5.97 Å². The summed E-state index contributed by atoms with van der Waals surface area (Å²) in [4.78, 5) is 11.4. The Bertz CT molecular complexity index is 836. The Balaban J connectivity index is 0.000000207. The Morgan fingerprint density at radius 1 is 0.966 bits per heavy atom. The predicted molar refractivity (Wildman–Crippen MR) is 121 cm³/mol. The molecule has 0 saturated heterocycles. The Morgan fingerprint density at radius 3 is 1.93 bits per heavy atom. The van der Waals surface area contributed by atoms with E-state index in [1.54, 1.807) is 25.1 Å². The first-order valence-electron chi connectivity index (χ1n) is 9.21. The van der Waals surface area contributed by atoms with Crippen LogP contribution in [0.4, 0.5) is 0 Å². The minimum absolute atomic E-state index is 0. The monoisotopic (exact) mass is 502 g/mol. The molecule has 4 rings (SSSR count). The Morgan fingerprint density at radius 2 is 1.48 bits per heavy atom. The Kier molecular flexibility index (Phi) is 9.12. The fourth-order valence-corrected chi connectivity index (χ4v) is 3.18. The quantitative estimate of drug-likeness (QED) is 0.387. The largest absolute Gasteiger partial charge is 0.489 e. The molecule has 2 aromatic carbocycles. The Labute approximate surface area is 190 Å². The van der Waals surface area contributed by atoms with Gasteiger partial charge in [-0.3, -0.25) is 0 Å². The molecule has 0 spiro atoms. The molecule has 4 nitrogen and oxygen atoms in total. The van der Waals surface area contributed by atoms with E-state index in [4.69, 9.17) is 37.4 Å². The predicted octanol–water partition coefficient (Wildman–Crippen LogP) is 7.34. The molecular formula is C22H25BrCl2O4. The molecule has 2 aromatic rings. The van der Waals surface area contributed by atoms with E-state index in [0.717, 1.165) is 35.9 Å². The van der Waals surface area contributed by atoms with Crippen LogP contribution in [-0.4, -0.2) is 24.8 Å². The number of rotatable bonds is 6. The first-order valence-corrected chi connectivity index (χ1v) is 10.8. The van der Waals surface area contributed by atoms with Crippen molar-refractivity contribution in [1.29, 1.82) is 0 Å². The van der Waals surface area contributed by atoms with Crippen LogP contribution in [-0.2, 0) is 4.74 Å². The van der Waals surface area contributed by atoms with Crippen molar-refractivity contribution in [3.8, 4) is 11.5 Å². The van der Waals surface area contributed by atoms with Gasteiger partial charge in [0.05, 0.1) is 34.4 Å². The highest BCUT2D eigenvalue weighted by Crippen LogP contribution is 2.34. The van der Waals surface area contributed by atoms with E-state index in [1.165, 1.54) is 0 Å². The average molecular weight is 504 g/mol. The van der Waals surface area contributed by atoms with Gasteiger partial charge in [-0.2, -0.15) is 0 Å². The highest BCUT2D eigenvalue weighted by Gasteiger charge is 2.25. The molecule has 2 aliphatic rings. The molecule has 0 unspecified atom stereocenters. The second-order valence-corrected chi connectivity index (χ2v) is 8.30. The van der Waals surface area contributed by atoms with Crippen LogP contribution >= 0.6 is 39.1 Å². The number of halogens is 3. The molecule has 0 atom stereocenters. The lowest BCUT2D eigenvalue weighted by molar-refractivity contribution is 0.0526. The molecule has 0 heterocycles. The van der Waals surface area contributed by atoms with E-state index in [-0.39, 0.29) is 13.4 Å². The van der Waals surface area contributed by atoms with Crippen molar-refractivity contribution >= 4 is 45.1 Å². The van der Waals surface area contributed by atoms with Crippen LogP contribution in [0.25, 0.3) is 0 Å². The van der Waals surface area contributed by atoms with Crippen LogP contribution in [0.5, 0.6) is 11.5 Å². The fourth-order valence-electron chi connectivity index (χ4n) is 2.24. The second kappa shape index (κ2) is 11.1. The molecule has 7 heteroatoms. The van der Waals surface area contributed by atoms with E-state index in [9.17, 15) is 4.79 Å². The lowest BCUT2D eigenvalue weighted by Gasteiger charge is -2.08. The molecule has 158 valence electrons. The molecule has 0 N–H and O–H groups in total. The van der Waals surface area contributed by atoms with Gasteiger partial charge in [0, 0.05) is 4.47 Å². The topological polar surface area (TPSA) is 44.8 Å². The van der Waals surface area contributed by atoms with Gasteiger partial charge in [0.1, 0.15) is 11.5 Å². The smallest absolute Gasteiger partial charge is 0.338 e. The van der Waals surface area contributed by atoms with Crippen molar-refractivity contribution in [3.05, 3.63) is 56.5 Å². The molecule has 2 saturated carbocycles. The average Bonchev–Trinajstić information content (AvgIpc) is 3.56. The summed E-state index contributed by atoms with van der Waals surface area (Å²) >= 11 is 15.3. The lowest BCUT2D eigenvalue weighted by Crippen LogP contribution is -2.05. The van der Waals surface area contributed by atoms with Gasteiger partial charge < -0.3 is 14.2 Å². The van der Waals surface area contributed by atoms with Crippen LogP contribution in [0.15, 0.2) is 40.9 Å². The molecule has 29 heavy (non-hydrogen) atoms. The number of esters is 1. The van der Waals surface area contributed by atoms with Crippen LogP contribution in [0.3, 0.4) is 0 Å². The summed E-state index contributed by atoms with van der Waals surface area (Å²) in [5.41, 5.74) is 0.454. The third-order valence-corrected chi connectivity index (χ3v) is 5.06. The number of hydrogen-bond acceptors (Lipinski definition) is 4. The maximum absolute atomic E-state index is 11.4. The highest BCUT2D eigenvalue weighted by atomic mass is 79.9. The molecule has 0 radical (unpaired) electrons. The molecule has 0 amide bonds. The minimum atomic E-state index is -0.359. The molecule has 2 aliphatic carbocycles. The number of carbonyl (C=O) groups excluding carboxylic acids is 1. The zero-order valence-corrected chi connectivity index (χ0v) is 18.5. The van der Waals surface area contributed by atoms with Gasteiger partial charge in [-0.1, -0.05) is 46.6 Å². The minimum Gasteiger partial charge on any atom is -0.489 e. The third-order valence-electron chi connectivity index (χ3n) is 3.97. The number of benzene rings is 2. The Hall–Kier alpha value is -1.43. The number of ether oxygens (including phenoxy) is 3. The van der Waals surface area contributed by atoms with Gasteiger partial charge in [0.2, 0.25) is 0 Å². The van der Waals surface area contributed by atoms with Crippen molar-refractivity contribution < 1.29 is 19.0 Å². The molecule has 0 bridgehead atoms. The van der Waals surface area contributed by atoms with E-state index >= 15 is 0 Å². The highest BCUT2D eigenvalue weighted by molar-refractivity contribution is 9.10. The van der Waals surface area contributed by atoms with Gasteiger partial charge in [-0.05, 0) is 69.0 Å². The van der Waals surface area contributed by atoms with Crippen LogP contribution < -0.4 is 9.47 Å². The summed E-state index contributed by atoms with van der Waals surface area (Å²) in [5, 5.41) is 1.13. The summed E-state index contributed by atoms with van der Waals surface area (Å²) in [6.07, 6.45) is 5.18. The summed E-state index contributed by atoms with van der Waals surface area (Å²) < 4.78 is 17.0. The van der Waals surface area contributed by atoms with Crippen molar-refractivity contribution in [1.82, 2.24) is 0 Å². The van der Waals surface area contributed by atoms with Crippen LogP contribution in [0.2, 0.25) is 10.0 Å². The SMILES string of the molecule is C.CCOC(=O)c1ccc(OC2CC2)c(Cl)c1.Clc1cc(Br)ccc1OC1CC1. The van der Waals surface area contributed by atoms with Crippen LogP contribution in [0.1, 0.15) is 50.4 Å². The summed E-state index contributed by atoms with van der Waals surface area (Å²) in [6.45, 7) is 2.13. The number of hydrogen-bond donors (Lipinski definition) is 0. The van der Waals surface area contributed by atoms with Gasteiger partial charge in [0.25, 0.3) is 0 Å². The fraction of sp³-hybridized carbons (Fsp3) is 0.409. The summed E-state index contributed by atoms with van der Waals surface area (Å²) in [6, 6.07) is 10.6. The van der Waals surface area contributed by atoms with Gasteiger partial charge in [-0.15, -0.1) is 0 Å². The maximum atomic E-state index is 11.4. The van der Waals surface area contributed by atoms with Crippen molar-refractivity contribution in [2.75, 3.05) is 6.61 Å². The molecule has 2 fully saturated rings. The molecule has 0 aromatic heterocycles.